The summed E-state index contributed by atoms with van der Waals surface area (Å²) in [7, 11) is 0. The monoisotopic (exact) mass is 242 g/mol. The van der Waals surface area contributed by atoms with E-state index in [2.05, 4.69) is 10.6 Å². The van der Waals surface area contributed by atoms with Crippen LogP contribution in [0.5, 0.6) is 0 Å². The first-order valence-electron chi connectivity index (χ1n) is 6.25. The van der Waals surface area contributed by atoms with Crippen molar-refractivity contribution in [3.63, 3.8) is 0 Å². The summed E-state index contributed by atoms with van der Waals surface area (Å²) in [5, 5.41) is 15.0. The van der Waals surface area contributed by atoms with Crippen molar-refractivity contribution < 1.29 is 14.7 Å². The summed E-state index contributed by atoms with van der Waals surface area (Å²) >= 11 is 0. The van der Waals surface area contributed by atoms with Crippen LogP contribution in [0.25, 0.3) is 0 Å². The first-order chi connectivity index (χ1) is 7.99. The third kappa shape index (κ3) is 3.70. The number of carbonyl (C=O) groups excluding carboxylic acids is 1. The molecule has 1 rings (SSSR count). The van der Waals surface area contributed by atoms with Gasteiger partial charge in [0.2, 0.25) is 5.91 Å². The quantitative estimate of drug-likeness (QED) is 0.664. The van der Waals surface area contributed by atoms with Gasteiger partial charge in [-0.25, -0.2) is 4.79 Å². The van der Waals surface area contributed by atoms with Gasteiger partial charge in [0, 0.05) is 6.54 Å². The van der Waals surface area contributed by atoms with Crippen molar-refractivity contribution in [1.29, 1.82) is 0 Å². The molecule has 0 aromatic heterocycles. The topological polar surface area (TPSA) is 78.4 Å². The molecule has 17 heavy (non-hydrogen) atoms. The molecule has 1 aliphatic rings. The summed E-state index contributed by atoms with van der Waals surface area (Å²) in [6.07, 6.45) is 2.98. The minimum Gasteiger partial charge on any atom is -0.480 e. The number of amides is 1. The second kappa shape index (κ2) is 6.00. The van der Waals surface area contributed by atoms with Crippen LogP contribution in [0.4, 0.5) is 0 Å². The van der Waals surface area contributed by atoms with Crippen LogP contribution in [0.2, 0.25) is 0 Å². The number of carbonyl (C=O) groups is 2. The minimum absolute atomic E-state index is 0.0979. The Bertz CT molecular complexity index is 287. The summed E-state index contributed by atoms with van der Waals surface area (Å²) in [5.41, 5.74) is -1.14. The molecule has 0 bridgehead atoms. The molecule has 0 spiro atoms. The Morgan fingerprint density at radius 1 is 1.53 bits per heavy atom. The van der Waals surface area contributed by atoms with Gasteiger partial charge in [0.15, 0.2) is 0 Å². The van der Waals surface area contributed by atoms with Gasteiger partial charge < -0.3 is 15.7 Å². The summed E-state index contributed by atoms with van der Waals surface area (Å²) in [5.74, 6) is -1.20. The van der Waals surface area contributed by atoms with Gasteiger partial charge in [-0.15, -0.1) is 0 Å². The summed E-state index contributed by atoms with van der Waals surface area (Å²) in [6, 6.07) is 0. The molecule has 1 fully saturated rings. The molecule has 0 saturated carbocycles. The van der Waals surface area contributed by atoms with Gasteiger partial charge in [-0.3, -0.25) is 4.79 Å². The molecular weight excluding hydrogens is 220 g/mol. The van der Waals surface area contributed by atoms with Crippen LogP contribution in [0.3, 0.4) is 0 Å². The maximum absolute atomic E-state index is 12.0. The minimum atomic E-state index is -1.14. The van der Waals surface area contributed by atoms with Crippen LogP contribution < -0.4 is 10.6 Å². The molecule has 1 saturated heterocycles. The van der Waals surface area contributed by atoms with Crippen LogP contribution in [-0.2, 0) is 9.59 Å². The molecule has 5 heteroatoms. The second-order valence-corrected chi connectivity index (χ2v) is 4.92. The fraction of sp³-hybridized carbons (Fsp3) is 0.833. The molecule has 0 radical (unpaired) electrons. The van der Waals surface area contributed by atoms with Crippen molar-refractivity contribution in [1.82, 2.24) is 10.6 Å². The third-order valence-electron chi connectivity index (χ3n) is 3.29. The van der Waals surface area contributed by atoms with Gasteiger partial charge in [0.1, 0.15) is 5.54 Å². The fourth-order valence-electron chi connectivity index (χ4n) is 2.17. The van der Waals surface area contributed by atoms with E-state index in [-0.39, 0.29) is 11.8 Å². The maximum atomic E-state index is 12.0. The van der Waals surface area contributed by atoms with Gasteiger partial charge in [0.25, 0.3) is 0 Å². The zero-order valence-electron chi connectivity index (χ0n) is 10.6. The van der Waals surface area contributed by atoms with Crippen molar-refractivity contribution in [3.8, 4) is 0 Å². The van der Waals surface area contributed by atoms with Crippen LogP contribution in [0.1, 0.15) is 39.5 Å². The molecule has 0 aromatic rings. The number of hydrogen-bond donors (Lipinski definition) is 3. The van der Waals surface area contributed by atoms with Crippen molar-refractivity contribution in [2.45, 2.75) is 45.1 Å². The van der Waals surface area contributed by atoms with Crippen molar-refractivity contribution in [3.05, 3.63) is 0 Å². The van der Waals surface area contributed by atoms with E-state index >= 15 is 0 Å². The number of nitrogens with one attached hydrogen (secondary N) is 2. The highest BCUT2D eigenvalue weighted by atomic mass is 16.4. The van der Waals surface area contributed by atoms with Gasteiger partial charge in [-0.1, -0.05) is 13.3 Å². The van der Waals surface area contributed by atoms with Crippen LogP contribution in [0.15, 0.2) is 0 Å². The SMILES string of the molecule is CCCC(C)(NC(=O)[C@H]1CCCNC1)C(=O)O. The van der Waals surface area contributed by atoms with Gasteiger partial charge in [-0.05, 0) is 32.7 Å². The Morgan fingerprint density at radius 3 is 2.71 bits per heavy atom. The Kier molecular flexibility index (Phi) is 4.93. The van der Waals surface area contributed by atoms with E-state index in [1.807, 2.05) is 6.92 Å². The highest BCUT2D eigenvalue weighted by Crippen LogP contribution is 2.16. The fourth-order valence-corrected chi connectivity index (χ4v) is 2.17. The highest BCUT2D eigenvalue weighted by molar-refractivity contribution is 5.87. The molecular formula is C12H22N2O3. The summed E-state index contributed by atoms with van der Waals surface area (Å²) in [4.78, 5) is 23.2. The zero-order valence-corrected chi connectivity index (χ0v) is 10.6. The van der Waals surface area contributed by atoms with E-state index in [0.29, 0.717) is 13.0 Å². The number of hydrogen-bond acceptors (Lipinski definition) is 3. The molecule has 1 amide bonds. The molecule has 98 valence electrons. The highest BCUT2D eigenvalue weighted by Gasteiger charge is 2.35. The average Bonchev–Trinajstić information content (AvgIpc) is 2.30. The number of carboxylic acids is 1. The molecule has 3 N–H and O–H groups in total. The predicted octanol–water partition coefficient (Wildman–Crippen LogP) is 0.746. The number of rotatable bonds is 5. The van der Waals surface area contributed by atoms with E-state index < -0.39 is 11.5 Å². The van der Waals surface area contributed by atoms with Crippen LogP contribution in [0, 0.1) is 5.92 Å². The largest absolute Gasteiger partial charge is 0.480 e. The lowest BCUT2D eigenvalue weighted by molar-refractivity contribution is -0.148. The van der Waals surface area contributed by atoms with E-state index in [1.54, 1.807) is 6.92 Å². The van der Waals surface area contributed by atoms with E-state index in [9.17, 15) is 14.7 Å². The Hall–Kier alpha value is -1.10. The first-order valence-corrected chi connectivity index (χ1v) is 6.25. The molecule has 1 aliphatic heterocycles. The van der Waals surface area contributed by atoms with Gasteiger partial charge in [0.05, 0.1) is 5.92 Å². The van der Waals surface area contributed by atoms with Crippen LogP contribution in [-0.4, -0.2) is 35.6 Å². The Balaban J connectivity index is 2.60. The molecule has 0 aliphatic carbocycles. The molecule has 0 aromatic carbocycles. The van der Waals surface area contributed by atoms with Gasteiger partial charge in [-0.2, -0.15) is 0 Å². The zero-order chi connectivity index (χ0) is 12.9. The normalized spacial score (nSPS) is 23.8. The van der Waals surface area contributed by atoms with E-state index in [0.717, 1.165) is 25.8 Å². The van der Waals surface area contributed by atoms with Crippen molar-refractivity contribution in [2.75, 3.05) is 13.1 Å². The Labute approximate surface area is 102 Å². The lowest BCUT2D eigenvalue weighted by atomic mass is 9.93. The molecule has 5 nitrogen and oxygen atoms in total. The molecule has 1 heterocycles. The van der Waals surface area contributed by atoms with E-state index in [4.69, 9.17) is 0 Å². The first kappa shape index (κ1) is 14.0. The number of aliphatic carboxylic acids is 1. The third-order valence-corrected chi connectivity index (χ3v) is 3.29. The van der Waals surface area contributed by atoms with Gasteiger partial charge >= 0.3 is 5.97 Å². The molecule has 1 unspecified atom stereocenters. The summed E-state index contributed by atoms with van der Waals surface area (Å²) in [6.45, 7) is 5.07. The average molecular weight is 242 g/mol. The van der Waals surface area contributed by atoms with Crippen molar-refractivity contribution in [2.24, 2.45) is 5.92 Å². The van der Waals surface area contributed by atoms with E-state index in [1.165, 1.54) is 0 Å². The Morgan fingerprint density at radius 2 is 2.24 bits per heavy atom. The van der Waals surface area contributed by atoms with Crippen molar-refractivity contribution >= 4 is 11.9 Å². The lowest BCUT2D eigenvalue weighted by Gasteiger charge is -2.29. The summed E-state index contributed by atoms with van der Waals surface area (Å²) < 4.78 is 0. The number of carboxylic acid groups (broad SMARTS) is 1. The second-order valence-electron chi connectivity index (χ2n) is 4.92. The number of piperidine rings is 1. The predicted molar refractivity (Wildman–Crippen MR) is 64.7 cm³/mol. The smallest absolute Gasteiger partial charge is 0.329 e. The van der Waals surface area contributed by atoms with Crippen LogP contribution >= 0.6 is 0 Å². The molecule has 2 atom stereocenters. The lowest BCUT2D eigenvalue weighted by Crippen LogP contribution is -2.55. The standard InChI is InChI=1S/C12H22N2O3/c1-3-6-12(2,11(16)17)14-10(15)9-5-4-7-13-8-9/h9,13H,3-8H2,1-2H3,(H,14,15)(H,16,17)/t9-,12?/m0/s1. The maximum Gasteiger partial charge on any atom is 0.329 e.